The van der Waals surface area contributed by atoms with Crippen molar-refractivity contribution in [2.24, 2.45) is 11.8 Å². The van der Waals surface area contributed by atoms with Gasteiger partial charge < -0.3 is 15.0 Å². The largest absolute Gasteiger partial charge is 0.370 e. The van der Waals surface area contributed by atoms with Gasteiger partial charge in [-0.1, -0.05) is 30.3 Å². The number of nitrogens with zero attached hydrogens (tertiary/aromatic N) is 1. The summed E-state index contributed by atoms with van der Waals surface area (Å²) in [6, 6.07) is 10.7. The van der Waals surface area contributed by atoms with Crippen LogP contribution in [-0.4, -0.2) is 36.7 Å². The molecule has 4 rings (SSSR count). The van der Waals surface area contributed by atoms with Gasteiger partial charge in [0.25, 0.3) is 0 Å². The lowest BCUT2D eigenvalue weighted by Gasteiger charge is -2.34. The molecule has 1 aromatic rings. The Balaban J connectivity index is 1.38. The molecule has 0 spiro atoms. The Hall–Kier alpha value is -1.55. The van der Waals surface area contributed by atoms with Crippen molar-refractivity contribution in [3.8, 4) is 0 Å². The molecule has 0 unspecified atom stereocenters. The van der Waals surface area contributed by atoms with Crippen molar-refractivity contribution in [3.05, 3.63) is 35.9 Å². The van der Waals surface area contributed by atoms with Gasteiger partial charge in [0.1, 0.15) is 6.10 Å². The molecule has 2 saturated carbocycles. The van der Waals surface area contributed by atoms with Gasteiger partial charge in [-0.15, -0.1) is 0 Å². The van der Waals surface area contributed by atoms with Crippen molar-refractivity contribution >= 4 is 6.03 Å². The number of morpholine rings is 1. The topological polar surface area (TPSA) is 41.6 Å². The SMILES string of the molecule is O=C(NC(C1CC1)C1CC1)N1CCO[C@H](c2ccccc2)C1. The predicted octanol–water partition coefficient (Wildman–Crippen LogP) is 2.96. The molecule has 22 heavy (non-hydrogen) atoms. The molecule has 0 aromatic heterocycles. The van der Waals surface area contributed by atoms with Crippen molar-refractivity contribution < 1.29 is 9.53 Å². The average Bonchev–Trinajstić information content (AvgIpc) is 3.47. The van der Waals surface area contributed by atoms with E-state index in [9.17, 15) is 4.79 Å². The first-order chi connectivity index (χ1) is 10.8. The van der Waals surface area contributed by atoms with Crippen LogP contribution in [0.25, 0.3) is 0 Å². The van der Waals surface area contributed by atoms with E-state index in [0.717, 1.165) is 17.4 Å². The van der Waals surface area contributed by atoms with E-state index in [-0.39, 0.29) is 12.1 Å². The van der Waals surface area contributed by atoms with Gasteiger partial charge >= 0.3 is 6.03 Å². The zero-order valence-electron chi connectivity index (χ0n) is 12.9. The van der Waals surface area contributed by atoms with E-state index in [2.05, 4.69) is 17.4 Å². The van der Waals surface area contributed by atoms with Crippen LogP contribution in [0.15, 0.2) is 30.3 Å². The number of nitrogens with one attached hydrogen (secondary N) is 1. The number of urea groups is 1. The first kappa shape index (κ1) is 14.1. The summed E-state index contributed by atoms with van der Waals surface area (Å²) in [7, 11) is 0. The van der Waals surface area contributed by atoms with Crippen molar-refractivity contribution in [1.29, 1.82) is 0 Å². The fourth-order valence-corrected chi connectivity index (χ4v) is 3.47. The van der Waals surface area contributed by atoms with Crippen LogP contribution in [0.2, 0.25) is 0 Å². The second kappa shape index (κ2) is 5.92. The standard InChI is InChI=1S/C18H24N2O2/c21-18(19-17(14-6-7-14)15-8-9-15)20-10-11-22-16(12-20)13-4-2-1-3-5-13/h1-5,14-17H,6-12H2,(H,19,21)/t16-/m0/s1. The van der Waals surface area contributed by atoms with Crippen LogP contribution in [0.3, 0.4) is 0 Å². The van der Waals surface area contributed by atoms with Crippen LogP contribution in [0.5, 0.6) is 0 Å². The Morgan fingerprint density at radius 1 is 1.14 bits per heavy atom. The maximum Gasteiger partial charge on any atom is 0.317 e. The van der Waals surface area contributed by atoms with E-state index >= 15 is 0 Å². The maximum atomic E-state index is 12.6. The van der Waals surface area contributed by atoms with Crippen LogP contribution in [0.1, 0.15) is 37.4 Å². The molecule has 1 N–H and O–H groups in total. The van der Waals surface area contributed by atoms with Gasteiger partial charge in [0.2, 0.25) is 0 Å². The highest BCUT2D eigenvalue weighted by molar-refractivity contribution is 5.75. The number of rotatable bonds is 4. The zero-order valence-corrected chi connectivity index (χ0v) is 12.9. The van der Waals surface area contributed by atoms with E-state index in [1.807, 2.05) is 23.1 Å². The third-order valence-electron chi connectivity index (χ3n) is 5.07. The summed E-state index contributed by atoms with van der Waals surface area (Å²) >= 11 is 0. The molecule has 118 valence electrons. The Morgan fingerprint density at radius 3 is 2.45 bits per heavy atom. The number of carbonyl (C=O) groups excluding carboxylic acids is 1. The average molecular weight is 300 g/mol. The smallest absolute Gasteiger partial charge is 0.317 e. The zero-order chi connectivity index (χ0) is 14.9. The van der Waals surface area contributed by atoms with Crippen LogP contribution in [0, 0.1) is 11.8 Å². The van der Waals surface area contributed by atoms with Crippen LogP contribution in [0.4, 0.5) is 4.79 Å². The minimum Gasteiger partial charge on any atom is -0.370 e. The van der Waals surface area contributed by atoms with Crippen molar-refractivity contribution in [3.63, 3.8) is 0 Å². The minimum atomic E-state index is 0.000926. The Bertz CT molecular complexity index is 513. The summed E-state index contributed by atoms with van der Waals surface area (Å²) in [4.78, 5) is 14.5. The van der Waals surface area contributed by atoms with E-state index in [0.29, 0.717) is 25.7 Å². The van der Waals surface area contributed by atoms with Crippen LogP contribution >= 0.6 is 0 Å². The third-order valence-corrected chi connectivity index (χ3v) is 5.07. The molecule has 1 heterocycles. The molecular formula is C18H24N2O2. The van der Waals surface area contributed by atoms with Gasteiger partial charge in [0.15, 0.2) is 0 Å². The van der Waals surface area contributed by atoms with Gasteiger partial charge in [-0.3, -0.25) is 0 Å². The molecule has 1 aromatic carbocycles. The van der Waals surface area contributed by atoms with Crippen molar-refractivity contribution in [1.82, 2.24) is 10.2 Å². The number of amides is 2. The lowest BCUT2D eigenvalue weighted by atomic mass is 10.1. The van der Waals surface area contributed by atoms with Gasteiger partial charge in [-0.05, 0) is 43.1 Å². The maximum absolute atomic E-state index is 12.6. The molecule has 2 aliphatic carbocycles. The second-order valence-corrected chi connectivity index (χ2v) is 6.87. The predicted molar refractivity (Wildman–Crippen MR) is 84.5 cm³/mol. The monoisotopic (exact) mass is 300 g/mol. The Labute approximate surface area is 131 Å². The molecule has 0 radical (unpaired) electrons. The molecule has 3 aliphatic rings. The van der Waals surface area contributed by atoms with Gasteiger partial charge in [-0.25, -0.2) is 4.79 Å². The number of hydrogen-bond acceptors (Lipinski definition) is 2. The molecule has 0 bridgehead atoms. The molecule has 1 aliphatic heterocycles. The van der Waals surface area contributed by atoms with E-state index < -0.39 is 0 Å². The van der Waals surface area contributed by atoms with Crippen LogP contribution < -0.4 is 5.32 Å². The van der Waals surface area contributed by atoms with Crippen LogP contribution in [-0.2, 0) is 4.74 Å². The first-order valence-corrected chi connectivity index (χ1v) is 8.53. The quantitative estimate of drug-likeness (QED) is 0.929. The molecule has 4 heteroatoms. The fourth-order valence-electron chi connectivity index (χ4n) is 3.47. The second-order valence-electron chi connectivity index (χ2n) is 6.87. The molecule has 1 saturated heterocycles. The number of benzene rings is 1. The van der Waals surface area contributed by atoms with E-state index in [1.165, 1.54) is 25.7 Å². The first-order valence-electron chi connectivity index (χ1n) is 8.53. The van der Waals surface area contributed by atoms with Crippen molar-refractivity contribution in [2.45, 2.75) is 37.8 Å². The molecular weight excluding hydrogens is 276 g/mol. The van der Waals surface area contributed by atoms with Gasteiger partial charge in [0.05, 0.1) is 13.2 Å². The Kier molecular flexibility index (Phi) is 3.78. The summed E-state index contributed by atoms with van der Waals surface area (Å²) in [5.41, 5.74) is 1.15. The lowest BCUT2D eigenvalue weighted by Crippen LogP contribution is -2.51. The highest BCUT2D eigenvalue weighted by atomic mass is 16.5. The molecule has 2 amide bonds. The minimum absolute atomic E-state index is 0.000926. The van der Waals surface area contributed by atoms with Crippen molar-refractivity contribution in [2.75, 3.05) is 19.7 Å². The van der Waals surface area contributed by atoms with Gasteiger partial charge in [-0.2, -0.15) is 0 Å². The summed E-state index contributed by atoms with van der Waals surface area (Å²) in [6.45, 7) is 1.96. The molecule has 4 nitrogen and oxygen atoms in total. The summed E-state index contributed by atoms with van der Waals surface area (Å²) in [5.74, 6) is 1.48. The summed E-state index contributed by atoms with van der Waals surface area (Å²) in [5, 5.41) is 3.31. The van der Waals surface area contributed by atoms with E-state index in [4.69, 9.17) is 4.74 Å². The normalized spacial score (nSPS) is 25.3. The molecule has 3 fully saturated rings. The van der Waals surface area contributed by atoms with E-state index in [1.54, 1.807) is 0 Å². The third kappa shape index (κ3) is 3.12. The number of hydrogen-bond donors (Lipinski definition) is 1. The lowest BCUT2D eigenvalue weighted by molar-refractivity contribution is -0.0159. The van der Waals surface area contributed by atoms with Gasteiger partial charge in [0, 0.05) is 12.6 Å². The highest BCUT2D eigenvalue weighted by Crippen LogP contribution is 2.44. The highest BCUT2D eigenvalue weighted by Gasteiger charge is 2.43. The summed E-state index contributed by atoms with van der Waals surface area (Å²) in [6.07, 6.45) is 5.16. The fraction of sp³-hybridized carbons (Fsp3) is 0.611. The molecule has 1 atom stereocenters. The summed E-state index contributed by atoms with van der Waals surface area (Å²) < 4.78 is 5.85. The number of ether oxygens (including phenoxy) is 1. The number of carbonyl (C=O) groups is 1. The Morgan fingerprint density at radius 2 is 1.82 bits per heavy atom.